The van der Waals surface area contributed by atoms with Gasteiger partial charge in [-0.15, -0.1) is 0 Å². The molecule has 0 radical (unpaired) electrons. The van der Waals surface area contributed by atoms with Crippen molar-refractivity contribution in [3.8, 4) is 5.75 Å². The molecule has 2 aromatic rings. The third-order valence-corrected chi connectivity index (χ3v) is 4.50. The molecule has 1 heterocycles. The van der Waals surface area contributed by atoms with E-state index in [0.717, 1.165) is 23.1 Å². The summed E-state index contributed by atoms with van der Waals surface area (Å²) in [6.07, 6.45) is 4.77. The van der Waals surface area contributed by atoms with Crippen molar-refractivity contribution in [3.63, 3.8) is 0 Å². The van der Waals surface area contributed by atoms with Gasteiger partial charge in [-0.25, -0.2) is 0 Å². The maximum atomic E-state index is 12.4. The molecule has 1 aliphatic rings. The van der Waals surface area contributed by atoms with Gasteiger partial charge in [0.1, 0.15) is 11.4 Å². The molecule has 1 aliphatic carbocycles. The minimum atomic E-state index is -0.0103. The van der Waals surface area contributed by atoms with Crippen LogP contribution in [0, 0.1) is 5.92 Å². The van der Waals surface area contributed by atoms with E-state index in [1.54, 1.807) is 7.11 Å². The number of hydrogen-bond acceptors (Lipinski definition) is 2. The maximum Gasteiger partial charge on any atom is 0.267 e. The van der Waals surface area contributed by atoms with Crippen LogP contribution in [0.2, 0.25) is 0 Å². The summed E-state index contributed by atoms with van der Waals surface area (Å²) in [5.74, 6) is 1.34. The van der Waals surface area contributed by atoms with E-state index in [9.17, 15) is 4.79 Å². The summed E-state index contributed by atoms with van der Waals surface area (Å²) < 4.78 is 5.21. The normalized spacial score (nSPS) is 22.2. The lowest BCUT2D eigenvalue weighted by Crippen LogP contribution is -2.41. The van der Waals surface area contributed by atoms with Crippen LogP contribution >= 0.6 is 0 Å². The molecule has 1 fully saturated rings. The van der Waals surface area contributed by atoms with Gasteiger partial charge in [-0.2, -0.15) is 0 Å². The average molecular weight is 286 g/mol. The second kappa shape index (κ2) is 5.80. The summed E-state index contributed by atoms with van der Waals surface area (Å²) in [5.41, 5.74) is 1.55. The number of fused-ring (bicyclic) bond motifs is 1. The first-order valence-electron chi connectivity index (χ1n) is 7.65. The smallest absolute Gasteiger partial charge is 0.267 e. The van der Waals surface area contributed by atoms with Crippen LogP contribution < -0.4 is 10.1 Å². The topological polar surface area (TPSA) is 54.1 Å². The fraction of sp³-hybridized carbons (Fsp3) is 0.471. The van der Waals surface area contributed by atoms with Crippen LogP contribution in [0.25, 0.3) is 10.9 Å². The molecule has 1 saturated carbocycles. The number of aromatic amines is 1. The molecule has 3 rings (SSSR count). The zero-order chi connectivity index (χ0) is 14.8. The van der Waals surface area contributed by atoms with Gasteiger partial charge in [-0.3, -0.25) is 4.79 Å². The Morgan fingerprint density at radius 3 is 2.86 bits per heavy atom. The standard InChI is InChI=1S/C17H22N2O2/c1-11-5-3-4-6-14(11)19-17(20)16-9-12-7-8-13(21-2)10-15(12)18-16/h7-11,14,18H,3-6H2,1-2H3,(H,19,20). The molecule has 2 N–H and O–H groups in total. The lowest BCUT2D eigenvalue weighted by atomic mass is 9.86. The average Bonchev–Trinajstić information content (AvgIpc) is 2.92. The predicted octanol–water partition coefficient (Wildman–Crippen LogP) is 3.49. The number of rotatable bonds is 3. The van der Waals surface area contributed by atoms with Gasteiger partial charge in [0, 0.05) is 23.0 Å². The van der Waals surface area contributed by atoms with E-state index >= 15 is 0 Å². The van der Waals surface area contributed by atoms with Crippen molar-refractivity contribution in [2.75, 3.05) is 7.11 Å². The number of methoxy groups -OCH3 is 1. The van der Waals surface area contributed by atoms with Gasteiger partial charge in [0.05, 0.1) is 7.11 Å². The fourth-order valence-electron chi connectivity index (χ4n) is 3.13. The van der Waals surface area contributed by atoms with E-state index < -0.39 is 0 Å². The zero-order valence-electron chi connectivity index (χ0n) is 12.6. The van der Waals surface area contributed by atoms with Crippen LogP contribution in [0.3, 0.4) is 0 Å². The minimum absolute atomic E-state index is 0.0103. The van der Waals surface area contributed by atoms with E-state index in [4.69, 9.17) is 4.74 Å². The Morgan fingerprint density at radius 1 is 1.29 bits per heavy atom. The summed E-state index contributed by atoms with van der Waals surface area (Å²) >= 11 is 0. The number of hydrogen-bond donors (Lipinski definition) is 2. The number of amides is 1. The van der Waals surface area contributed by atoms with E-state index in [-0.39, 0.29) is 5.91 Å². The quantitative estimate of drug-likeness (QED) is 0.907. The third kappa shape index (κ3) is 2.89. The van der Waals surface area contributed by atoms with E-state index in [2.05, 4.69) is 17.2 Å². The molecule has 112 valence electrons. The van der Waals surface area contributed by atoms with Gasteiger partial charge in [0.15, 0.2) is 0 Å². The van der Waals surface area contributed by atoms with Gasteiger partial charge >= 0.3 is 0 Å². The minimum Gasteiger partial charge on any atom is -0.497 e. The number of carbonyl (C=O) groups excluding carboxylic acids is 1. The largest absolute Gasteiger partial charge is 0.497 e. The highest BCUT2D eigenvalue weighted by atomic mass is 16.5. The van der Waals surface area contributed by atoms with Crippen molar-refractivity contribution in [2.24, 2.45) is 5.92 Å². The first-order chi connectivity index (χ1) is 10.2. The Labute approximate surface area is 124 Å². The third-order valence-electron chi connectivity index (χ3n) is 4.50. The number of nitrogens with one attached hydrogen (secondary N) is 2. The fourth-order valence-corrected chi connectivity index (χ4v) is 3.13. The van der Waals surface area contributed by atoms with Gasteiger partial charge in [0.25, 0.3) is 5.91 Å². The SMILES string of the molecule is COc1ccc2cc(C(=O)NC3CCCCC3C)[nH]c2c1. The second-order valence-corrected chi connectivity index (χ2v) is 5.98. The number of carbonyl (C=O) groups is 1. The Morgan fingerprint density at radius 2 is 2.10 bits per heavy atom. The number of H-pyrrole nitrogens is 1. The molecule has 2 unspecified atom stereocenters. The van der Waals surface area contributed by atoms with Crippen LogP contribution in [0.5, 0.6) is 5.75 Å². The molecular formula is C17H22N2O2. The Bertz CT molecular complexity index is 647. The molecule has 0 saturated heterocycles. The van der Waals surface area contributed by atoms with Crippen LogP contribution in [0.4, 0.5) is 0 Å². The highest BCUT2D eigenvalue weighted by Crippen LogP contribution is 2.25. The maximum absolute atomic E-state index is 12.4. The number of ether oxygens (including phenoxy) is 1. The Balaban J connectivity index is 1.77. The van der Waals surface area contributed by atoms with Crippen LogP contribution in [-0.2, 0) is 0 Å². The van der Waals surface area contributed by atoms with Crippen molar-refractivity contribution < 1.29 is 9.53 Å². The number of benzene rings is 1. The molecule has 0 bridgehead atoms. The molecule has 21 heavy (non-hydrogen) atoms. The molecule has 0 spiro atoms. The van der Waals surface area contributed by atoms with Crippen molar-refractivity contribution in [1.29, 1.82) is 0 Å². The Kier molecular flexibility index (Phi) is 3.86. The highest BCUT2D eigenvalue weighted by molar-refractivity contribution is 5.98. The first-order valence-corrected chi connectivity index (χ1v) is 7.65. The lowest BCUT2D eigenvalue weighted by molar-refractivity contribution is 0.0906. The zero-order valence-corrected chi connectivity index (χ0v) is 12.6. The van der Waals surface area contributed by atoms with E-state index in [1.165, 1.54) is 19.3 Å². The van der Waals surface area contributed by atoms with Crippen molar-refractivity contribution in [3.05, 3.63) is 30.0 Å². The van der Waals surface area contributed by atoms with Gasteiger partial charge in [-0.05, 0) is 37.0 Å². The molecule has 4 nitrogen and oxygen atoms in total. The van der Waals surface area contributed by atoms with Crippen LogP contribution in [0.15, 0.2) is 24.3 Å². The molecule has 1 aromatic heterocycles. The monoisotopic (exact) mass is 286 g/mol. The molecule has 2 atom stereocenters. The summed E-state index contributed by atoms with van der Waals surface area (Å²) in [7, 11) is 1.64. The summed E-state index contributed by atoms with van der Waals surface area (Å²) in [6.45, 7) is 2.22. The highest BCUT2D eigenvalue weighted by Gasteiger charge is 2.23. The van der Waals surface area contributed by atoms with Gasteiger partial charge in [0.2, 0.25) is 0 Å². The second-order valence-electron chi connectivity index (χ2n) is 5.98. The summed E-state index contributed by atoms with van der Waals surface area (Å²) in [6, 6.07) is 7.98. The van der Waals surface area contributed by atoms with E-state index in [0.29, 0.717) is 17.7 Å². The molecule has 4 heteroatoms. The predicted molar refractivity (Wildman–Crippen MR) is 83.7 cm³/mol. The molecular weight excluding hydrogens is 264 g/mol. The number of aromatic nitrogens is 1. The summed E-state index contributed by atoms with van der Waals surface area (Å²) in [4.78, 5) is 15.6. The van der Waals surface area contributed by atoms with Gasteiger partial charge in [-0.1, -0.05) is 19.8 Å². The van der Waals surface area contributed by atoms with E-state index in [1.807, 2.05) is 24.3 Å². The molecule has 0 aliphatic heterocycles. The molecule has 1 aromatic carbocycles. The van der Waals surface area contributed by atoms with Crippen molar-refractivity contribution in [2.45, 2.75) is 38.6 Å². The van der Waals surface area contributed by atoms with Crippen LogP contribution in [-0.4, -0.2) is 24.0 Å². The van der Waals surface area contributed by atoms with Crippen LogP contribution in [0.1, 0.15) is 43.1 Å². The molecule has 1 amide bonds. The summed E-state index contributed by atoms with van der Waals surface area (Å²) in [5, 5.41) is 4.20. The lowest BCUT2D eigenvalue weighted by Gasteiger charge is -2.29. The first kappa shape index (κ1) is 14.0. The van der Waals surface area contributed by atoms with Gasteiger partial charge < -0.3 is 15.0 Å². The van der Waals surface area contributed by atoms with Crippen molar-refractivity contribution in [1.82, 2.24) is 10.3 Å². The Hall–Kier alpha value is -1.97. The van der Waals surface area contributed by atoms with Crippen molar-refractivity contribution >= 4 is 16.8 Å².